The van der Waals surface area contributed by atoms with Crippen LogP contribution in [0, 0.1) is 0 Å². The van der Waals surface area contributed by atoms with E-state index in [9.17, 15) is 23.1 Å². The Morgan fingerprint density at radius 3 is 2.36 bits per heavy atom. The molecule has 0 aliphatic carbocycles. The van der Waals surface area contributed by atoms with Crippen molar-refractivity contribution in [2.75, 3.05) is 0 Å². The van der Waals surface area contributed by atoms with E-state index in [0.717, 1.165) is 0 Å². The summed E-state index contributed by atoms with van der Waals surface area (Å²) < 4.78 is 41.3. The third-order valence-corrected chi connectivity index (χ3v) is 5.14. The number of ketones is 1. The van der Waals surface area contributed by atoms with E-state index in [1.54, 1.807) is 24.3 Å². The normalized spacial score (nSPS) is 14.4. The zero-order chi connectivity index (χ0) is 18.2. The number of aliphatic hydroxyl groups is 1. The molecular weight excluding hydrogens is 375 g/mol. The van der Waals surface area contributed by atoms with E-state index in [2.05, 4.69) is 4.98 Å². The molecule has 3 aromatic rings. The van der Waals surface area contributed by atoms with Crippen molar-refractivity contribution in [3.05, 3.63) is 64.1 Å². The predicted octanol–water partition coefficient (Wildman–Crippen LogP) is 4.97. The molecule has 8 heteroatoms. The van der Waals surface area contributed by atoms with Crippen LogP contribution in [0.25, 0.3) is 10.2 Å². The summed E-state index contributed by atoms with van der Waals surface area (Å²) in [5.41, 5.74) is -2.98. The number of para-hydroxylation sites is 1. The highest BCUT2D eigenvalue weighted by Gasteiger charge is 2.58. The molecule has 0 fully saturated rings. The number of nitrogens with zero attached hydrogens (tertiary/aromatic N) is 1. The van der Waals surface area contributed by atoms with Crippen molar-refractivity contribution < 1.29 is 23.1 Å². The number of hydrogen-bond donors (Lipinski definition) is 1. The number of hydrogen-bond acceptors (Lipinski definition) is 4. The van der Waals surface area contributed by atoms with E-state index in [1.807, 2.05) is 0 Å². The molecule has 3 rings (SSSR count). The lowest BCUT2D eigenvalue weighted by Gasteiger charge is -2.27. The van der Waals surface area contributed by atoms with Crippen LogP contribution in [0.3, 0.4) is 0 Å². The Morgan fingerprint density at radius 2 is 1.76 bits per heavy atom. The van der Waals surface area contributed by atoms with Gasteiger partial charge in [0.15, 0.2) is 5.78 Å². The lowest BCUT2D eigenvalue weighted by atomic mass is 9.93. The molecule has 0 saturated heterocycles. The molecule has 0 unspecified atom stereocenters. The Morgan fingerprint density at radius 1 is 1.12 bits per heavy atom. The van der Waals surface area contributed by atoms with E-state index in [-0.39, 0.29) is 5.56 Å². The molecule has 0 radical (unpaired) electrons. The summed E-state index contributed by atoms with van der Waals surface area (Å²) in [6.07, 6.45) is -6.21. The lowest BCUT2D eigenvalue weighted by Crippen LogP contribution is -2.44. The minimum atomic E-state index is -5.05. The summed E-state index contributed by atoms with van der Waals surface area (Å²) in [5, 5.41) is 10.2. The van der Waals surface area contributed by atoms with Gasteiger partial charge < -0.3 is 5.11 Å². The van der Waals surface area contributed by atoms with Crippen LogP contribution >= 0.6 is 22.9 Å². The first-order chi connectivity index (χ1) is 11.7. The molecule has 1 atom stereocenters. The van der Waals surface area contributed by atoms with Gasteiger partial charge in [-0.15, -0.1) is 11.3 Å². The van der Waals surface area contributed by atoms with Gasteiger partial charge in [0.1, 0.15) is 5.01 Å². The van der Waals surface area contributed by atoms with Crippen LogP contribution < -0.4 is 0 Å². The molecular formula is C17H11ClF3NO2S. The number of benzene rings is 2. The molecule has 0 aliphatic heterocycles. The second kappa shape index (κ2) is 6.40. The Kier molecular flexibility index (Phi) is 4.57. The van der Waals surface area contributed by atoms with Gasteiger partial charge in [0.25, 0.3) is 0 Å². The number of Topliss-reactive ketones (excluding diaryl/α,β-unsaturated/α-hetero) is 1. The van der Waals surface area contributed by atoms with Crippen molar-refractivity contribution in [2.45, 2.75) is 18.2 Å². The first-order valence-corrected chi connectivity index (χ1v) is 8.34. The summed E-state index contributed by atoms with van der Waals surface area (Å²) >= 11 is 6.43. The minimum Gasteiger partial charge on any atom is -0.374 e. The maximum atomic E-state index is 13.6. The standard InChI is InChI=1S/C17H11ClF3NO2S/c18-11-7-5-10(6-8-11)13(23)9-16(24,17(19,20)21)15-22-12-3-1-2-4-14(12)25-15/h1-8,24H,9H2/t16-/m0/s1. The van der Waals surface area contributed by atoms with Gasteiger partial charge in [0.05, 0.1) is 16.6 Å². The topological polar surface area (TPSA) is 50.2 Å². The number of halogens is 4. The van der Waals surface area contributed by atoms with Gasteiger partial charge in [-0.1, -0.05) is 23.7 Å². The molecule has 130 valence electrons. The molecule has 3 nitrogen and oxygen atoms in total. The molecule has 0 aliphatic rings. The fourth-order valence-corrected chi connectivity index (χ4v) is 3.52. The van der Waals surface area contributed by atoms with Gasteiger partial charge >= 0.3 is 6.18 Å². The SMILES string of the molecule is O=C(C[C@](O)(c1nc2ccccc2s1)C(F)(F)F)c1ccc(Cl)cc1. The molecule has 2 aromatic carbocycles. The van der Waals surface area contributed by atoms with E-state index in [4.69, 9.17) is 11.6 Å². The predicted molar refractivity (Wildman–Crippen MR) is 90.0 cm³/mol. The van der Waals surface area contributed by atoms with Crippen molar-refractivity contribution in [3.63, 3.8) is 0 Å². The zero-order valence-electron chi connectivity index (χ0n) is 12.5. The molecule has 0 bridgehead atoms. The quantitative estimate of drug-likeness (QED) is 0.645. The second-order valence-electron chi connectivity index (χ2n) is 5.45. The van der Waals surface area contributed by atoms with Gasteiger partial charge in [0, 0.05) is 10.6 Å². The number of aromatic nitrogens is 1. The van der Waals surface area contributed by atoms with Crippen LogP contribution in [0.2, 0.25) is 5.02 Å². The third kappa shape index (κ3) is 3.40. The highest BCUT2D eigenvalue weighted by atomic mass is 35.5. The highest BCUT2D eigenvalue weighted by Crippen LogP contribution is 2.44. The molecule has 1 heterocycles. The number of carbonyl (C=O) groups is 1. The molecule has 1 aromatic heterocycles. The summed E-state index contributed by atoms with van der Waals surface area (Å²) in [4.78, 5) is 16.2. The second-order valence-corrected chi connectivity index (χ2v) is 6.92. The minimum absolute atomic E-state index is 0.0354. The largest absolute Gasteiger partial charge is 0.424 e. The van der Waals surface area contributed by atoms with E-state index < -0.39 is 29.0 Å². The van der Waals surface area contributed by atoms with Crippen molar-refractivity contribution in [1.29, 1.82) is 0 Å². The van der Waals surface area contributed by atoms with Crippen molar-refractivity contribution >= 4 is 38.9 Å². The van der Waals surface area contributed by atoms with Crippen molar-refractivity contribution in [2.24, 2.45) is 0 Å². The monoisotopic (exact) mass is 385 g/mol. The van der Waals surface area contributed by atoms with Gasteiger partial charge in [-0.2, -0.15) is 13.2 Å². The van der Waals surface area contributed by atoms with Crippen LogP contribution in [0.4, 0.5) is 13.2 Å². The van der Waals surface area contributed by atoms with Gasteiger partial charge in [-0.3, -0.25) is 4.79 Å². The summed E-state index contributed by atoms with van der Waals surface area (Å²) in [6.45, 7) is 0. The van der Waals surface area contributed by atoms with Crippen LogP contribution in [-0.4, -0.2) is 22.1 Å². The Balaban J connectivity index is 2.01. The molecule has 1 N–H and O–H groups in total. The molecule has 0 amide bonds. The highest BCUT2D eigenvalue weighted by molar-refractivity contribution is 7.18. The van der Waals surface area contributed by atoms with Crippen LogP contribution in [0.5, 0.6) is 0 Å². The van der Waals surface area contributed by atoms with Crippen LogP contribution in [0.1, 0.15) is 21.8 Å². The average molecular weight is 386 g/mol. The number of carbonyl (C=O) groups excluding carboxylic acids is 1. The maximum absolute atomic E-state index is 13.6. The van der Waals surface area contributed by atoms with Gasteiger partial charge in [-0.05, 0) is 36.4 Å². The summed E-state index contributed by atoms with van der Waals surface area (Å²) in [7, 11) is 0. The fourth-order valence-electron chi connectivity index (χ4n) is 2.32. The molecule has 25 heavy (non-hydrogen) atoms. The lowest BCUT2D eigenvalue weighted by molar-refractivity contribution is -0.264. The Hall–Kier alpha value is -1.96. The maximum Gasteiger partial charge on any atom is 0.424 e. The zero-order valence-corrected chi connectivity index (χ0v) is 14.1. The first kappa shape index (κ1) is 17.8. The smallest absolute Gasteiger partial charge is 0.374 e. The number of alkyl halides is 3. The van der Waals surface area contributed by atoms with Crippen molar-refractivity contribution in [1.82, 2.24) is 4.98 Å². The van der Waals surface area contributed by atoms with E-state index in [0.29, 0.717) is 26.6 Å². The average Bonchev–Trinajstić information content (AvgIpc) is 2.98. The Labute approximate surface area is 149 Å². The van der Waals surface area contributed by atoms with Crippen LogP contribution in [-0.2, 0) is 5.60 Å². The number of rotatable bonds is 4. The number of fused-ring (bicyclic) bond motifs is 1. The number of thiazole rings is 1. The third-order valence-electron chi connectivity index (χ3n) is 3.70. The van der Waals surface area contributed by atoms with Gasteiger partial charge in [0.2, 0.25) is 5.60 Å². The first-order valence-electron chi connectivity index (χ1n) is 7.14. The molecule has 0 spiro atoms. The van der Waals surface area contributed by atoms with E-state index >= 15 is 0 Å². The van der Waals surface area contributed by atoms with Crippen LogP contribution in [0.15, 0.2) is 48.5 Å². The summed E-state index contributed by atoms with van der Waals surface area (Å²) in [6, 6.07) is 11.9. The summed E-state index contributed by atoms with van der Waals surface area (Å²) in [5.74, 6) is -0.851. The molecule has 0 saturated carbocycles. The van der Waals surface area contributed by atoms with Crippen molar-refractivity contribution in [3.8, 4) is 0 Å². The van der Waals surface area contributed by atoms with E-state index in [1.165, 1.54) is 24.3 Å². The Bertz CT molecular complexity index is 891. The van der Waals surface area contributed by atoms with Gasteiger partial charge in [-0.25, -0.2) is 4.98 Å². The fraction of sp³-hybridized carbons (Fsp3) is 0.176.